The number of carbonyl (C=O) groups is 1. The fraction of sp³-hybridized carbons (Fsp3) is 0.438. The maximum absolute atomic E-state index is 12.4. The van der Waals surface area contributed by atoms with Crippen LogP contribution in [0.3, 0.4) is 0 Å². The van der Waals surface area contributed by atoms with E-state index in [9.17, 15) is 4.79 Å². The van der Waals surface area contributed by atoms with Crippen LogP contribution in [0.2, 0.25) is 0 Å². The average molecular weight is 303 g/mol. The Morgan fingerprint density at radius 3 is 3.05 bits per heavy atom. The minimum absolute atomic E-state index is 0.0494. The molecule has 1 aliphatic rings. The summed E-state index contributed by atoms with van der Waals surface area (Å²) in [4.78, 5) is 15.3. The first-order valence-corrected chi connectivity index (χ1v) is 8.15. The molecule has 1 amide bonds. The first-order valence-electron chi connectivity index (χ1n) is 7.33. The maximum Gasteiger partial charge on any atom is 0.263 e. The van der Waals surface area contributed by atoms with E-state index in [1.165, 1.54) is 17.8 Å². The molecule has 0 saturated carbocycles. The van der Waals surface area contributed by atoms with E-state index in [4.69, 9.17) is 5.73 Å². The Morgan fingerprint density at radius 1 is 1.52 bits per heavy atom. The van der Waals surface area contributed by atoms with E-state index >= 15 is 0 Å². The van der Waals surface area contributed by atoms with Crippen molar-refractivity contribution in [3.63, 3.8) is 0 Å². The Bertz CT molecular complexity index is 679. The van der Waals surface area contributed by atoms with Crippen molar-refractivity contribution in [2.24, 2.45) is 0 Å². The number of hydrogen-bond acceptors (Lipinski definition) is 4. The Kier molecular flexibility index (Phi) is 3.87. The number of anilines is 1. The summed E-state index contributed by atoms with van der Waals surface area (Å²) in [5, 5.41) is 4.03. The molecule has 5 heteroatoms. The molecule has 3 N–H and O–H groups in total. The zero-order valence-corrected chi connectivity index (χ0v) is 13.3. The number of rotatable bonds is 3. The van der Waals surface area contributed by atoms with Crippen LogP contribution in [0.25, 0.3) is 10.1 Å². The number of thiophene rings is 1. The zero-order chi connectivity index (χ0) is 15.0. The largest absolute Gasteiger partial charge is 0.397 e. The molecule has 4 nitrogen and oxygen atoms in total. The predicted molar refractivity (Wildman–Crippen MR) is 89.0 cm³/mol. The van der Waals surface area contributed by atoms with Gasteiger partial charge in [-0.05, 0) is 45.5 Å². The number of nitrogens with one attached hydrogen (secondary N) is 1. The van der Waals surface area contributed by atoms with Crippen molar-refractivity contribution in [1.82, 2.24) is 10.2 Å². The van der Waals surface area contributed by atoms with Crippen molar-refractivity contribution >= 4 is 33.0 Å². The van der Waals surface area contributed by atoms with Crippen LogP contribution >= 0.6 is 11.3 Å². The van der Waals surface area contributed by atoms with Gasteiger partial charge in [-0.1, -0.05) is 11.6 Å². The molecule has 1 aliphatic heterocycles. The second-order valence-electron chi connectivity index (χ2n) is 5.83. The molecule has 2 aromatic rings. The monoisotopic (exact) mass is 303 g/mol. The van der Waals surface area contributed by atoms with Gasteiger partial charge in [-0.25, -0.2) is 0 Å². The highest BCUT2D eigenvalue weighted by Gasteiger charge is 2.22. The summed E-state index contributed by atoms with van der Waals surface area (Å²) in [6.07, 6.45) is 2.36. The third kappa shape index (κ3) is 2.76. The molecule has 0 bridgehead atoms. The summed E-state index contributed by atoms with van der Waals surface area (Å²) in [5.41, 5.74) is 7.93. The molecule has 1 unspecified atom stereocenters. The van der Waals surface area contributed by atoms with Crippen LogP contribution in [0.15, 0.2) is 18.2 Å². The highest BCUT2D eigenvalue weighted by Crippen LogP contribution is 2.34. The van der Waals surface area contributed by atoms with Gasteiger partial charge < -0.3 is 16.0 Å². The molecule has 112 valence electrons. The van der Waals surface area contributed by atoms with Crippen LogP contribution in [0, 0.1) is 6.92 Å². The van der Waals surface area contributed by atoms with Gasteiger partial charge >= 0.3 is 0 Å². The predicted octanol–water partition coefficient (Wildman–Crippen LogP) is 2.62. The van der Waals surface area contributed by atoms with Crippen molar-refractivity contribution in [1.29, 1.82) is 0 Å². The third-order valence-corrected chi connectivity index (χ3v) is 5.44. The zero-order valence-electron chi connectivity index (χ0n) is 12.5. The van der Waals surface area contributed by atoms with Crippen LogP contribution in [-0.2, 0) is 0 Å². The summed E-state index contributed by atoms with van der Waals surface area (Å²) < 4.78 is 1.07. The lowest BCUT2D eigenvalue weighted by atomic mass is 10.1. The van der Waals surface area contributed by atoms with E-state index in [2.05, 4.69) is 17.3 Å². The lowest BCUT2D eigenvalue weighted by Crippen LogP contribution is -2.38. The lowest BCUT2D eigenvalue weighted by Gasteiger charge is -2.19. The Hall–Kier alpha value is -1.59. The second-order valence-corrected chi connectivity index (χ2v) is 6.88. The van der Waals surface area contributed by atoms with Gasteiger partial charge in [0.05, 0.1) is 5.69 Å². The number of nitrogens with zero attached hydrogens (tertiary/aromatic N) is 1. The number of fused-ring (bicyclic) bond motifs is 1. The highest BCUT2D eigenvalue weighted by molar-refractivity contribution is 7.21. The summed E-state index contributed by atoms with van der Waals surface area (Å²) in [7, 11) is 2.11. The topological polar surface area (TPSA) is 58.4 Å². The highest BCUT2D eigenvalue weighted by atomic mass is 32.1. The van der Waals surface area contributed by atoms with E-state index in [1.807, 2.05) is 25.1 Å². The molecule has 2 heterocycles. The van der Waals surface area contributed by atoms with E-state index in [0.29, 0.717) is 23.2 Å². The number of likely N-dealkylation sites (N-methyl/N-ethyl adjacent to an activating group) is 1. The van der Waals surface area contributed by atoms with E-state index in [0.717, 1.165) is 28.6 Å². The van der Waals surface area contributed by atoms with Gasteiger partial charge in [0.2, 0.25) is 0 Å². The fourth-order valence-electron chi connectivity index (χ4n) is 2.93. The average Bonchev–Trinajstić information content (AvgIpc) is 3.01. The minimum atomic E-state index is -0.0494. The number of benzene rings is 1. The van der Waals surface area contributed by atoms with Gasteiger partial charge in [-0.2, -0.15) is 0 Å². The molecule has 3 rings (SSSR count). The maximum atomic E-state index is 12.4. The van der Waals surface area contributed by atoms with Gasteiger partial charge in [0.1, 0.15) is 4.88 Å². The summed E-state index contributed by atoms with van der Waals surface area (Å²) in [6, 6.07) is 6.58. The van der Waals surface area contributed by atoms with Crippen molar-refractivity contribution in [3.8, 4) is 0 Å². The molecule has 1 aromatic carbocycles. The fourth-order valence-corrected chi connectivity index (χ4v) is 3.95. The second kappa shape index (κ2) is 5.66. The van der Waals surface area contributed by atoms with Crippen molar-refractivity contribution < 1.29 is 4.79 Å². The SMILES string of the molecule is Cc1ccc2sc(C(=O)NCC3CCCN3C)c(N)c2c1. The molecule has 1 aromatic heterocycles. The smallest absolute Gasteiger partial charge is 0.263 e. The normalized spacial score (nSPS) is 19.2. The van der Waals surface area contributed by atoms with Gasteiger partial charge in [-0.3, -0.25) is 4.79 Å². The number of likely N-dealkylation sites (tertiary alicyclic amines) is 1. The van der Waals surface area contributed by atoms with Crippen LogP contribution < -0.4 is 11.1 Å². The number of nitrogen functional groups attached to an aromatic ring is 1. The van der Waals surface area contributed by atoms with Crippen molar-refractivity contribution in [2.75, 3.05) is 25.9 Å². The summed E-state index contributed by atoms with van der Waals surface area (Å²) in [5.74, 6) is -0.0494. The first-order chi connectivity index (χ1) is 10.1. The number of amides is 1. The van der Waals surface area contributed by atoms with Gasteiger partial charge in [0, 0.05) is 22.7 Å². The van der Waals surface area contributed by atoms with Crippen LogP contribution in [0.5, 0.6) is 0 Å². The molecule has 0 radical (unpaired) electrons. The molecule has 21 heavy (non-hydrogen) atoms. The van der Waals surface area contributed by atoms with Gasteiger partial charge in [-0.15, -0.1) is 11.3 Å². The van der Waals surface area contributed by atoms with Crippen LogP contribution in [0.1, 0.15) is 28.1 Å². The van der Waals surface area contributed by atoms with Gasteiger partial charge in [0.25, 0.3) is 5.91 Å². The van der Waals surface area contributed by atoms with E-state index < -0.39 is 0 Å². The minimum Gasteiger partial charge on any atom is -0.397 e. The lowest BCUT2D eigenvalue weighted by molar-refractivity contribution is 0.0948. The summed E-state index contributed by atoms with van der Waals surface area (Å²) in [6.45, 7) is 3.85. The first kappa shape index (κ1) is 14.4. The Morgan fingerprint density at radius 2 is 2.33 bits per heavy atom. The van der Waals surface area contributed by atoms with Crippen molar-refractivity contribution in [3.05, 3.63) is 28.6 Å². The van der Waals surface area contributed by atoms with Gasteiger partial charge in [0.15, 0.2) is 0 Å². The quantitative estimate of drug-likeness (QED) is 0.916. The molecule has 0 aliphatic carbocycles. The Labute approximate surface area is 128 Å². The standard InChI is InChI=1S/C16H21N3OS/c1-10-5-6-13-12(8-10)14(17)15(21-13)16(20)18-9-11-4-3-7-19(11)2/h5-6,8,11H,3-4,7,9,17H2,1-2H3,(H,18,20). The number of carbonyl (C=O) groups excluding carboxylic acids is 1. The van der Waals surface area contributed by atoms with Crippen LogP contribution in [0.4, 0.5) is 5.69 Å². The van der Waals surface area contributed by atoms with E-state index in [1.54, 1.807) is 0 Å². The molecular formula is C16H21N3OS. The number of nitrogens with two attached hydrogens (primary N) is 1. The third-order valence-electron chi connectivity index (χ3n) is 4.26. The summed E-state index contributed by atoms with van der Waals surface area (Å²) >= 11 is 1.47. The van der Waals surface area contributed by atoms with Crippen LogP contribution in [-0.4, -0.2) is 37.0 Å². The van der Waals surface area contributed by atoms with E-state index in [-0.39, 0.29) is 5.91 Å². The number of aryl methyl sites for hydroxylation is 1. The van der Waals surface area contributed by atoms with Crippen molar-refractivity contribution in [2.45, 2.75) is 25.8 Å². The molecule has 1 saturated heterocycles. The Balaban J connectivity index is 1.76. The number of hydrogen-bond donors (Lipinski definition) is 2. The molecule has 1 atom stereocenters. The molecule has 1 fully saturated rings. The molecule has 0 spiro atoms. The molecular weight excluding hydrogens is 282 g/mol.